The van der Waals surface area contributed by atoms with Crippen molar-refractivity contribution in [2.75, 3.05) is 26.2 Å². The van der Waals surface area contributed by atoms with E-state index in [4.69, 9.17) is 11.6 Å². The fourth-order valence-corrected chi connectivity index (χ4v) is 3.03. The monoisotopic (exact) mass is 311 g/mol. The van der Waals surface area contributed by atoms with Crippen LogP contribution >= 0.6 is 11.6 Å². The average molecular weight is 312 g/mol. The van der Waals surface area contributed by atoms with Gasteiger partial charge in [-0.2, -0.15) is 0 Å². The summed E-state index contributed by atoms with van der Waals surface area (Å²) in [5.74, 6) is 0.671. The van der Waals surface area contributed by atoms with Crippen LogP contribution in [-0.4, -0.2) is 36.0 Å². The Kier molecular flexibility index (Phi) is 5.96. The quantitative estimate of drug-likeness (QED) is 0.648. The van der Waals surface area contributed by atoms with E-state index in [1.54, 1.807) is 12.1 Å². The van der Waals surface area contributed by atoms with Gasteiger partial charge in [-0.3, -0.25) is 15.0 Å². The van der Waals surface area contributed by atoms with Gasteiger partial charge in [-0.25, -0.2) is 0 Å². The third-order valence-electron chi connectivity index (χ3n) is 4.05. The third-order valence-corrected chi connectivity index (χ3v) is 4.29. The molecule has 2 rings (SSSR count). The van der Waals surface area contributed by atoms with Crippen molar-refractivity contribution >= 4 is 17.3 Å². The van der Waals surface area contributed by atoms with Gasteiger partial charge in [0.05, 0.1) is 4.92 Å². The molecule has 1 aliphatic rings. The van der Waals surface area contributed by atoms with E-state index in [1.807, 2.05) is 0 Å². The number of piperidine rings is 1. The zero-order chi connectivity index (χ0) is 15.2. The minimum atomic E-state index is -0.329. The molecule has 6 heteroatoms. The Hall–Kier alpha value is -1.17. The van der Waals surface area contributed by atoms with Gasteiger partial charge >= 0.3 is 0 Å². The number of hydrogen-bond acceptors (Lipinski definition) is 4. The number of nitrogens with one attached hydrogen (secondary N) is 1. The topological polar surface area (TPSA) is 58.4 Å². The fourth-order valence-electron chi connectivity index (χ4n) is 2.83. The molecule has 1 aliphatic heterocycles. The number of benzene rings is 1. The van der Waals surface area contributed by atoms with Crippen LogP contribution in [-0.2, 0) is 6.54 Å². The third kappa shape index (κ3) is 4.66. The molecule has 21 heavy (non-hydrogen) atoms. The molecule has 0 amide bonds. The second kappa shape index (κ2) is 7.73. The summed E-state index contributed by atoms with van der Waals surface area (Å²) in [4.78, 5) is 13.1. The second-order valence-corrected chi connectivity index (χ2v) is 5.99. The molecular formula is C15H22ClN3O2. The van der Waals surface area contributed by atoms with Crippen molar-refractivity contribution in [3.8, 4) is 0 Å². The van der Waals surface area contributed by atoms with Gasteiger partial charge in [0.25, 0.3) is 5.69 Å². The molecule has 0 spiro atoms. The number of nitro groups is 1. The number of hydrogen-bond donors (Lipinski definition) is 1. The maximum absolute atomic E-state index is 11.1. The summed E-state index contributed by atoms with van der Waals surface area (Å²) in [6.07, 6.45) is 2.35. The van der Waals surface area contributed by atoms with Crippen LogP contribution in [0.15, 0.2) is 18.2 Å². The van der Waals surface area contributed by atoms with Crippen molar-refractivity contribution in [2.24, 2.45) is 5.92 Å². The van der Waals surface area contributed by atoms with E-state index < -0.39 is 0 Å². The Morgan fingerprint density at radius 1 is 1.43 bits per heavy atom. The Bertz CT molecular complexity index is 490. The summed E-state index contributed by atoms with van der Waals surface area (Å²) < 4.78 is 0. The number of halogens is 1. The van der Waals surface area contributed by atoms with Gasteiger partial charge in [0.1, 0.15) is 0 Å². The maximum Gasteiger partial charge on any atom is 0.273 e. The minimum absolute atomic E-state index is 0.156. The van der Waals surface area contributed by atoms with E-state index in [0.29, 0.717) is 23.0 Å². The fraction of sp³-hybridized carbons (Fsp3) is 0.600. The van der Waals surface area contributed by atoms with Gasteiger partial charge in [-0.15, -0.1) is 0 Å². The van der Waals surface area contributed by atoms with Crippen LogP contribution in [0.2, 0.25) is 5.02 Å². The van der Waals surface area contributed by atoms with Crippen molar-refractivity contribution < 1.29 is 4.92 Å². The van der Waals surface area contributed by atoms with Crippen LogP contribution in [0, 0.1) is 16.0 Å². The molecule has 0 bridgehead atoms. The Morgan fingerprint density at radius 2 is 2.14 bits per heavy atom. The number of nitro benzene ring substituents is 1. The van der Waals surface area contributed by atoms with E-state index >= 15 is 0 Å². The zero-order valence-electron chi connectivity index (χ0n) is 12.3. The van der Waals surface area contributed by atoms with Gasteiger partial charge in [0.2, 0.25) is 0 Å². The minimum Gasteiger partial charge on any atom is -0.317 e. The van der Waals surface area contributed by atoms with E-state index in [2.05, 4.69) is 17.1 Å². The molecule has 0 radical (unpaired) electrons. The molecule has 0 aliphatic carbocycles. The molecule has 1 fully saturated rings. The summed E-state index contributed by atoms with van der Waals surface area (Å²) in [7, 11) is 0. The van der Waals surface area contributed by atoms with Crippen LogP contribution in [0.1, 0.15) is 25.3 Å². The lowest BCUT2D eigenvalue weighted by molar-refractivity contribution is -0.385. The van der Waals surface area contributed by atoms with Crippen molar-refractivity contribution in [3.63, 3.8) is 0 Å². The summed E-state index contributed by atoms with van der Waals surface area (Å²) in [6.45, 7) is 6.68. The molecule has 0 unspecified atom stereocenters. The number of nitrogens with zero attached hydrogens (tertiary/aromatic N) is 2. The standard InChI is InChI=1S/C15H22ClN3O2/c1-2-18(10-12-5-7-17-8-6-12)11-13-9-14(16)3-4-15(13)19(20)21/h3-4,9,12,17H,2,5-8,10-11H2,1H3. The van der Waals surface area contributed by atoms with Crippen molar-refractivity contribution in [3.05, 3.63) is 38.9 Å². The van der Waals surface area contributed by atoms with Gasteiger partial charge in [-0.05, 0) is 50.5 Å². The van der Waals surface area contributed by atoms with Gasteiger partial charge in [-0.1, -0.05) is 18.5 Å². The first-order chi connectivity index (χ1) is 10.1. The maximum atomic E-state index is 11.1. The van der Waals surface area contributed by atoms with Crippen LogP contribution < -0.4 is 5.32 Å². The van der Waals surface area contributed by atoms with Crippen molar-refractivity contribution in [1.82, 2.24) is 10.2 Å². The molecule has 116 valence electrons. The molecule has 0 saturated carbocycles. The Balaban J connectivity index is 2.06. The normalized spacial score (nSPS) is 16.3. The van der Waals surface area contributed by atoms with E-state index in [9.17, 15) is 10.1 Å². The largest absolute Gasteiger partial charge is 0.317 e. The summed E-state index contributed by atoms with van der Waals surface area (Å²) in [5, 5.41) is 15.0. The first-order valence-electron chi connectivity index (χ1n) is 7.46. The highest BCUT2D eigenvalue weighted by Gasteiger charge is 2.20. The average Bonchev–Trinajstić information content (AvgIpc) is 2.47. The van der Waals surface area contributed by atoms with Crippen LogP contribution in [0.4, 0.5) is 5.69 Å². The highest BCUT2D eigenvalue weighted by molar-refractivity contribution is 6.30. The van der Waals surface area contributed by atoms with Gasteiger partial charge in [0, 0.05) is 29.7 Å². The molecule has 0 atom stereocenters. The van der Waals surface area contributed by atoms with E-state index in [-0.39, 0.29) is 10.6 Å². The summed E-state index contributed by atoms with van der Waals surface area (Å²) in [5.41, 5.74) is 0.853. The lowest BCUT2D eigenvalue weighted by atomic mass is 9.97. The molecular weight excluding hydrogens is 290 g/mol. The first-order valence-corrected chi connectivity index (χ1v) is 7.83. The van der Waals surface area contributed by atoms with Crippen LogP contribution in [0.3, 0.4) is 0 Å². The number of rotatable bonds is 6. The van der Waals surface area contributed by atoms with Crippen molar-refractivity contribution in [2.45, 2.75) is 26.3 Å². The van der Waals surface area contributed by atoms with Gasteiger partial charge in [0.15, 0.2) is 0 Å². The van der Waals surface area contributed by atoms with Crippen LogP contribution in [0.5, 0.6) is 0 Å². The predicted octanol–water partition coefficient (Wildman–Crippen LogP) is 3.07. The zero-order valence-corrected chi connectivity index (χ0v) is 13.1. The van der Waals surface area contributed by atoms with Crippen LogP contribution in [0.25, 0.3) is 0 Å². The van der Waals surface area contributed by atoms with E-state index in [0.717, 1.165) is 26.2 Å². The highest BCUT2D eigenvalue weighted by atomic mass is 35.5. The molecule has 5 nitrogen and oxygen atoms in total. The SMILES string of the molecule is CCN(Cc1cc(Cl)ccc1[N+](=O)[O-])CC1CCNCC1. The Labute approximate surface area is 130 Å². The summed E-state index contributed by atoms with van der Waals surface area (Å²) in [6, 6.07) is 4.78. The second-order valence-electron chi connectivity index (χ2n) is 5.55. The van der Waals surface area contributed by atoms with Gasteiger partial charge < -0.3 is 5.32 Å². The lowest BCUT2D eigenvalue weighted by Gasteiger charge is -2.29. The van der Waals surface area contributed by atoms with E-state index in [1.165, 1.54) is 18.9 Å². The summed E-state index contributed by atoms with van der Waals surface area (Å²) >= 11 is 5.99. The highest BCUT2D eigenvalue weighted by Crippen LogP contribution is 2.25. The molecule has 1 aromatic carbocycles. The molecule has 0 aromatic heterocycles. The Morgan fingerprint density at radius 3 is 2.76 bits per heavy atom. The predicted molar refractivity (Wildman–Crippen MR) is 84.7 cm³/mol. The molecule has 1 aromatic rings. The molecule has 1 heterocycles. The van der Waals surface area contributed by atoms with Crippen molar-refractivity contribution in [1.29, 1.82) is 0 Å². The molecule has 1 N–H and O–H groups in total. The lowest BCUT2D eigenvalue weighted by Crippen LogP contribution is -2.36. The smallest absolute Gasteiger partial charge is 0.273 e. The first kappa shape index (κ1) is 16.2. The molecule has 1 saturated heterocycles.